The van der Waals surface area contributed by atoms with Crippen molar-refractivity contribution in [1.82, 2.24) is 9.88 Å². The Morgan fingerprint density at radius 3 is 3.05 bits per heavy atom. The number of benzene rings is 1. The maximum Gasteiger partial charge on any atom is 0.252 e. The second-order valence-corrected chi connectivity index (χ2v) is 5.46. The molecule has 0 unspecified atom stereocenters. The van der Waals surface area contributed by atoms with Gasteiger partial charge in [-0.05, 0) is 36.4 Å². The average Bonchev–Trinajstić information content (AvgIpc) is 2.68. The highest BCUT2D eigenvalue weighted by atomic mass is 16.5. The minimum Gasteiger partial charge on any atom is -0.380 e. The molecule has 106 valence electrons. The molecule has 4 heteroatoms. The monoisotopic (exact) mass is 272 g/mol. The van der Waals surface area contributed by atoms with Gasteiger partial charge < -0.3 is 9.72 Å². The van der Waals surface area contributed by atoms with Gasteiger partial charge >= 0.3 is 0 Å². The Morgan fingerprint density at radius 2 is 2.15 bits per heavy atom. The quantitative estimate of drug-likeness (QED) is 0.910. The molecule has 2 heterocycles. The first kappa shape index (κ1) is 13.3. The molecule has 3 rings (SSSR count). The summed E-state index contributed by atoms with van der Waals surface area (Å²) in [6.45, 7) is 6.19. The highest BCUT2D eigenvalue weighted by Gasteiger charge is 2.12. The van der Waals surface area contributed by atoms with E-state index in [9.17, 15) is 4.79 Å². The minimum atomic E-state index is 0.0215. The lowest BCUT2D eigenvalue weighted by Gasteiger charge is -2.18. The summed E-state index contributed by atoms with van der Waals surface area (Å²) in [5.74, 6) is 0. The van der Waals surface area contributed by atoms with Crippen LogP contribution in [0.3, 0.4) is 0 Å². The maximum absolute atomic E-state index is 12.2. The summed E-state index contributed by atoms with van der Waals surface area (Å²) in [7, 11) is 0. The van der Waals surface area contributed by atoms with Gasteiger partial charge in [-0.15, -0.1) is 0 Å². The van der Waals surface area contributed by atoms with Crippen LogP contribution in [0.2, 0.25) is 0 Å². The molecule has 0 amide bonds. The molecule has 4 nitrogen and oxygen atoms in total. The molecule has 0 aliphatic carbocycles. The first-order chi connectivity index (χ1) is 9.72. The Hall–Kier alpha value is -1.65. The van der Waals surface area contributed by atoms with Crippen molar-refractivity contribution >= 4 is 10.9 Å². The highest BCUT2D eigenvalue weighted by Crippen LogP contribution is 2.14. The molecule has 0 saturated carbocycles. The Balaban J connectivity index is 1.89. The fourth-order valence-electron chi connectivity index (χ4n) is 2.67. The first-order valence-corrected chi connectivity index (χ1v) is 7.15. The van der Waals surface area contributed by atoms with E-state index in [4.69, 9.17) is 4.74 Å². The second kappa shape index (κ2) is 5.77. The topological polar surface area (TPSA) is 45.3 Å². The number of rotatable bonds is 2. The number of hydrogen-bond acceptors (Lipinski definition) is 3. The molecule has 1 aliphatic rings. The summed E-state index contributed by atoms with van der Waals surface area (Å²) in [4.78, 5) is 17.5. The number of H-pyrrole nitrogens is 1. The van der Waals surface area contributed by atoms with Crippen molar-refractivity contribution in [3.63, 3.8) is 0 Å². The van der Waals surface area contributed by atoms with Crippen LogP contribution in [0.4, 0.5) is 0 Å². The van der Waals surface area contributed by atoms with Gasteiger partial charge in [0.15, 0.2) is 0 Å². The number of pyridine rings is 1. The predicted octanol–water partition coefficient (Wildman–Crippen LogP) is 2.06. The summed E-state index contributed by atoms with van der Waals surface area (Å²) in [6.07, 6.45) is 1.03. The SMILES string of the molecule is Cc1ccc2cc(CN3CCCOCC3)c(=O)[nH]c2c1. The van der Waals surface area contributed by atoms with Crippen LogP contribution in [0.15, 0.2) is 29.1 Å². The van der Waals surface area contributed by atoms with Gasteiger partial charge in [0.25, 0.3) is 5.56 Å². The number of nitrogens with one attached hydrogen (secondary N) is 1. The number of aryl methyl sites for hydroxylation is 1. The van der Waals surface area contributed by atoms with Gasteiger partial charge in [-0.25, -0.2) is 0 Å². The van der Waals surface area contributed by atoms with Crippen molar-refractivity contribution < 1.29 is 4.74 Å². The average molecular weight is 272 g/mol. The van der Waals surface area contributed by atoms with Crippen LogP contribution in [0.25, 0.3) is 10.9 Å². The summed E-state index contributed by atoms with van der Waals surface area (Å²) in [5.41, 5.74) is 2.93. The van der Waals surface area contributed by atoms with Crippen LogP contribution in [0, 0.1) is 6.92 Å². The Labute approximate surface area is 118 Å². The summed E-state index contributed by atoms with van der Waals surface area (Å²) < 4.78 is 5.45. The molecular formula is C16H20N2O2. The zero-order valence-corrected chi connectivity index (χ0v) is 11.8. The maximum atomic E-state index is 12.2. The lowest BCUT2D eigenvalue weighted by molar-refractivity contribution is 0.140. The normalized spacial score (nSPS) is 17.2. The molecule has 20 heavy (non-hydrogen) atoms. The van der Waals surface area contributed by atoms with Crippen LogP contribution in [-0.4, -0.2) is 36.2 Å². The van der Waals surface area contributed by atoms with E-state index in [0.29, 0.717) is 6.54 Å². The highest BCUT2D eigenvalue weighted by molar-refractivity contribution is 5.79. The third kappa shape index (κ3) is 2.92. The van der Waals surface area contributed by atoms with Gasteiger partial charge in [0.05, 0.1) is 6.61 Å². The number of aromatic amines is 1. The van der Waals surface area contributed by atoms with E-state index < -0.39 is 0 Å². The predicted molar refractivity (Wildman–Crippen MR) is 80.0 cm³/mol. The zero-order valence-electron chi connectivity index (χ0n) is 11.8. The number of nitrogens with zero attached hydrogens (tertiary/aromatic N) is 1. The van der Waals surface area contributed by atoms with Crippen molar-refractivity contribution in [3.8, 4) is 0 Å². The second-order valence-electron chi connectivity index (χ2n) is 5.46. The summed E-state index contributed by atoms with van der Waals surface area (Å²) in [6, 6.07) is 8.17. The molecule has 0 atom stereocenters. The Kier molecular flexibility index (Phi) is 3.85. The van der Waals surface area contributed by atoms with Gasteiger partial charge in [0.1, 0.15) is 0 Å². The fraction of sp³-hybridized carbons (Fsp3) is 0.438. The van der Waals surface area contributed by atoms with Crippen LogP contribution >= 0.6 is 0 Å². The third-order valence-electron chi connectivity index (χ3n) is 3.79. The molecule has 0 spiro atoms. The van der Waals surface area contributed by atoms with Crippen molar-refractivity contribution in [3.05, 3.63) is 45.7 Å². The van der Waals surface area contributed by atoms with E-state index in [0.717, 1.165) is 54.8 Å². The molecule has 0 bridgehead atoms. The van der Waals surface area contributed by atoms with E-state index >= 15 is 0 Å². The molecular weight excluding hydrogens is 252 g/mol. The lowest BCUT2D eigenvalue weighted by Crippen LogP contribution is -2.29. The molecule has 1 aliphatic heterocycles. The molecule has 1 fully saturated rings. The van der Waals surface area contributed by atoms with Crippen molar-refractivity contribution in [2.75, 3.05) is 26.3 Å². The van der Waals surface area contributed by atoms with Gasteiger partial charge in [-0.1, -0.05) is 12.1 Å². The van der Waals surface area contributed by atoms with Gasteiger partial charge in [0, 0.05) is 37.3 Å². The Morgan fingerprint density at radius 1 is 1.25 bits per heavy atom. The van der Waals surface area contributed by atoms with E-state index in [-0.39, 0.29) is 5.56 Å². The van der Waals surface area contributed by atoms with E-state index in [1.54, 1.807) is 0 Å². The van der Waals surface area contributed by atoms with Crippen LogP contribution < -0.4 is 5.56 Å². The number of fused-ring (bicyclic) bond motifs is 1. The van der Waals surface area contributed by atoms with Crippen molar-refractivity contribution in [2.45, 2.75) is 19.9 Å². The fourth-order valence-corrected chi connectivity index (χ4v) is 2.67. The zero-order chi connectivity index (χ0) is 13.9. The van der Waals surface area contributed by atoms with Gasteiger partial charge in [0.2, 0.25) is 0 Å². The van der Waals surface area contributed by atoms with Crippen molar-refractivity contribution in [1.29, 1.82) is 0 Å². The van der Waals surface area contributed by atoms with Crippen LogP contribution in [0.5, 0.6) is 0 Å². The van der Waals surface area contributed by atoms with Gasteiger partial charge in [-0.3, -0.25) is 9.69 Å². The molecule has 1 N–H and O–H groups in total. The standard InChI is InChI=1S/C16H20N2O2/c1-12-3-4-13-10-14(16(19)17-15(13)9-12)11-18-5-2-7-20-8-6-18/h3-4,9-10H,2,5-8,11H2,1H3,(H,17,19). The molecule has 1 aromatic carbocycles. The molecule has 0 radical (unpaired) electrons. The van der Waals surface area contributed by atoms with E-state index in [2.05, 4.69) is 22.0 Å². The number of ether oxygens (including phenoxy) is 1. The summed E-state index contributed by atoms with van der Waals surface area (Å²) in [5, 5.41) is 1.09. The van der Waals surface area contributed by atoms with Gasteiger partial charge in [-0.2, -0.15) is 0 Å². The molecule has 2 aromatic rings. The summed E-state index contributed by atoms with van der Waals surface area (Å²) >= 11 is 0. The smallest absolute Gasteiger partial charge is 0.252 e. The van der Waals surface area contributed by atoms with Crippen LogP contribution in [-0.2, 0) is 11.3 Å². The molecule has 1 saturated heterocycles. The van der Waals surface area contributed by atoms with Crippen molar-refractivity contribution in [2.24, 2.45) is 0 Å². The minimum absolute atomic E-state index is 0.0215. The third-order valence-corrected chi connectivity index (χ3v) is 3.79. The number of aromatic nitrogens is 1. The number of hydrogen-bond donors (Lipinski definition) is 1. The largest absolute Gasteiger partial charge is 0.380 e. The first-order valence-electron chi connectivity index (χ1n) is 7.15. The Bertz CT molecular complexity index is 655. The van der Waals surface area contributed by atoms with Crippen LogP contribution in [0.1, 0.15) is 17.5 Å². The van der Waals surface area contributed by atoms with E-state index in [1.165, 1.54) is 0 Å². The lowest BCUT2D eigenvalue weighted by atomic mass is 10.1. The molecule has 1 aromatic heterocycles. The van der Waals surface area contributed by atoms with E-state index in [1.807, 2.05) is 19.1 Å².